The smallest absolute Gasteiger partial charge is 0.310 e. The second kappa shape index (κ2) is 10.5. The minimum Gasteiger partial charge on any atom is -0.502 e. The molecule has 42 heavy (non-hydrogen) atoms. The van der Waals surface area contributed by atoms with E-state index < -0.39 is 48.6 Å². The molecule has 2 aromatic carbocycles. The highest BCUT2D eigenvalue weighted by molar-refractivity contribution is 5.79. The van der Waals surface area contributed by atoms with E-state index in [1.165, 1.54) is 14.2 Å². The molecule has 9 atom stereocenters. The highest BCUT2D eigenvalue weighted by Crippen LogP contribution is 2.54. The number of carbonyl (C=O) groups excluding carboxylic acids is 1. The molecule has 7 rings (SSSR count). The molecule has 1 aliphatic carbocycles. The lowest BCUT2D eigenvalue weighted by molar-refractivity contribution is -0.320. The van der Waals surface area contributed by atoms with Gasteiger partial charge in [0.15, 0.2) is 29.3 Å². The molecule has 3 N–H and O–H groups in total. The summed E-state index contributed by atoms with van der Waals surface area (Å²) in [7, 11) is 2.90. The van der Waals surface area contributed by atoms with Crippen molar-refractivity contribution < 1.29 is 58.0 Å². The first-order valence-electron chi connectivity index (χ1n) is 14.1. The lowest BCUT2D eigenvalue weighted by Crippen LogP contribution is -2.62. The largest absolute Gasteiger partial charge is 0.502 e. The third kappa shape index (κ3) is 4.27. The van der Waals surface area contributed by atoms with Crippen LogP contribution in [0, 0.1) is 11.8 Å². The summed E-state index contributed by atoms with van der Waals surface area (Å²) in [5, 5.41) is 32.7. The number of fused-ring (bicyclic) bond motifs is 4. The zero-order valence-corrected chi connectivity index (χ0v) is 23.5. The maximum absolute atomic E-state index is 13.2. The number of methoxy groups -OCH3 is 2. The van der Waals surface area contributed by atoms with Crippen molar-refractivity contribution in [2.45, 2.75) is 62.5 Å². The predicted octanol–water partition coefficient (Wildman–Crippen LogP) is 1.41. The number of hydrogen-bond donors (Lipinski definition) is 3. The molecule has 0 saturated carbocycles. The molecular weight excluding hydrogens is 552 g/mol. The second-order valence-electron chi connectivity index (χ2n) is 11.4. The van der Waals surface area contributed by atoms with E-state index in [4.69, 9.17) is 37.9 Å². The summed E-state index contributed by atoms with van der Waals surface area (Å²) in [6, 6.07) is 5.31. The van der Waals surface area contributed by atoms with Crippen molar-refractivity contribution in [2.24, 2.45) is 11.8 Å². The Morgan fingerprint density at radius 3 is 2.48 bits per heavy atom. The molecule has 226 valence electrons. The zero-order chi connectivity index (χ0) is 29.3. The van der Waals surface area contributed by atoms with Gasteiger partial charge in [-0.05, 0) is 48.2 Å². The molecular formula is C30H34O12. The molecule has 0 amide bonds. The van der Waals surface area contributed by atoms with Gasteiger partial charge in [0.1, 0.15) is 24.4 Å². The number of aliphatic hydroxyl groups excluding tert-OH is 2. The van der Waals surface area contributed by atoms with Crippen LogP contribution in [0.5, 0.6) is 28.7 Å². The van der Waals surface area contributed by atoms with Gasteiger partial charge in [0, 0.05) is 23.8 Å². The van der Waals surface area contributed by atoms with E-state index in [9.17, 15) is 20.1 Å². The summed E-state index contributed by atoms with van der Waals surface area (Å²) in [5.41, 5.74) is 3.26. The molecule has 3 fully saturated rings. The topological polar surface area (TPSA) is 152 Å². The summed E-state index contributed by atoms with van der Waals surface area (Å²) in [6.07, 6.45) is -4.20. The molecule has 2 unspecified atom stereocenters. The van der Waals surface area contributed by atoms with Gasteiger partial charge in [-0.25, -0.2) is 0 Å². The molecule has 12 nitrogen and oxygen atoms in total. The Bertz CT molecular complexity index is 1370. The number of phenolic OH excluding ortho intramolecular Hbond substituents is 1. The summed E-state index contributed by atoms with van der Waals surface area (Å²) in [5.74, 6) is -0.0278. The van der Waals surface area contributed by atoms with Gasteiger partial charge in [0.2, 0.25) is 12.5 Å². The Kier molecular flexibility index (Phi) is 6.86. The Hall–Kier alpha value is -3.29. The van der Waals surface area contributed by atoms with Crippen molar-refractivity contribution in [1.29, 1.82) is 0 Å². The number of aromatic hydroxyl groups is 1. The van der Waals surface area contributed by atoms with Crippen molar-refractivity contribution in [1.82, 2.24) is 0 Å². The normalized spacial score (nSPS) is 34.7. The van der Waals surface area contributed by atoms with Crippen molar-refractivity contribution in [3.05, 3.63) is 40.5 Å². The average Bonchev–Trinajstić information content (AvgIpc) is 3.61. The van der Waals surface area contributed by atoms with Gasteiger partial charge in [-0.1, -0.05) is 0 Å². The fourth-order valence-corrected chi connectivity index (χ4v) is 7.20. The van der Waals surface area contributed by atoms with Crippen LogP contribution in [0.3, 0.4) is 0 Å². The fourth-order valence-electron chi connectivity index (χ4n) is 7.20. The number of phenols is 1. The molecule has 0 radical (unpaired) electrons. The number of cyclic esters (lactones) is 1. The SMILES string of the molecule is COc1cc([C@@H]2c3cc4c(c(C[C@@H]5O[C@@H]6COC(C)O[C@H]6[C@H](O)[C@H]5O)c3C[C@H]3COC(=O)C32)OCO4)cc(OC)c1O. The highest BCUT2D eigenvalue weighted by Gasteiger charge is 2.51. The number of esters is 1. The number of ether oxygens (including phenoxy) is 8. The van der Waals surface area contributed by atoms with Crippen molar-refractivity contribution in [3.63, 3.8) is 0 Å². The number of rotatable bonds is 5. The van der Waals surface area contributed by atoms with E-state index in [0.29, 0.717) is 23.5 Å². The summed E-state index contributed by atoms with van der Waals surface area (Å²) < 4.78 is 45.8. The second-order valence-corrected chi connectivity index (χ2v) is 11.4. The van der Waals surface area contributed by atoms with E-state index in [1.54, 1.807) is 19.1 Å². The summed E-state index contributed by atoms with van der Waals surface area (Å²) in [4.78, 5) is 13.2. The Balaban J connectivity index is 1.34. The van der Waals surface area contributed by atoms with Gasteiger partial charge in [0.25, 0.3) is 0 Å². The van der Waals surface area contributed by atoms with Crippen LogP contribution in [0.25, 0.3) is 0 Å². The first-order valence-corrected chi connectivity index (χ1v) is 14.1. The van der Waals surface area contributed by atoms with Gasteiger partial charge in [0.05, 0.1) is 39.5 Å². The standard InChI is InChI=1S/C30H34O12/c1-12-37-10-22-29(41-12)27(33)26(32)20(42-22)8-17-15-4-14-9-38-30(34)24(14)23(16(15)7-21-28(17)40-11-39-21)13-5-18(35-2)25(31)19(6-13)36-3/h5-7,12,14,20,22-24,26-27,29,31-33H,4,8-11H2,1-3H3/t12?,14-,20-,22+,23+,24?,26-,27+,29+/m0/s1. The Labute approximate surface area is 241 Å². The maximum Gasteiger partial charge on any atom is 0.310 e. The van der Waals surface area contributed by atoms with Crippen LogP contribution in [0.1, 0.15) is 35.1 Å². The van der Waals surface area contributed by atoms with Crippen molar-refractivity contribution in [2.75, 3.05) is 34.2 Å². The lowest BCUT2D eigenvalue weighted by atomic mass is 9.66. The monoisotopic (exact) mass is 586 g/mol. The van der Waals surface area contributed by atoms with E-state index in [-0.39, 0.29) is 55.6 Å². The maximum atomic E-state index is 13.2. The number of aliphatic hydroxyl groups is 2. The summed E-state index contributed by atoms with van der Waals surface area (Å²) >= 11 is 0. The minimum absolute atomic E-state index is 0.0205. The quantitative estimate of drug-likeness (QED) is 0.435. The predicted molar refractivity (Wildman–Crippen MR) is 142 cm³/mol. The molecule has 5 aliphatic rings. The van der Waals surface area contributed by atoms with Gasteiger partial charge in [-0.3, -0.25) is 4.79 Å². The van der Waals surface area contributed by atoms with E-state index in [0.717, 1.165) is 16.7 Å². The highest BCUT2D eigenvalue weighted by atomic mass is 16.7. The van der Waals surface area contributed by atoms with Gasteiger partial charge in [-0.2, -0.15) is 0 Å². The molecule has 0 spiro atoms. The van der Waals surface area contributed by atoms with Gasteiger partial charge in [-0.15, -0.1) is 0 Å². The Morgan fingerprint density at radius 2 is 1.74 bits per heavy atom. The van der Waals surface area contributed by atoms with Crippen molar-refractivity contribution >= 4 is 5.97 Å². The van der Waals surface area contributed by atoms with Crippen LogP contribution in [-0.2, 0) is 36.6 Å². The lowest BCUT2D eigenvalue weighted by Gasteiger charge is -2.46. The first-order chi connectivity index (χ1) is 20.3. The van der Waals surface area contributed by atoms with Crippen LogP contribution in [0.4, 0.5) is 0 Å². The minimum atomic E-state index is -1.22. The molecule has 4 aliphatic heterocycles. The van der Waals surface area contributed by atoms with Crippen LogP contribution in [0.15, 0.2) is 18.2 Å². The van der Waals surface area contributed by atoms with Gasteiger partial charge < -0.3 is 53.2 Å². The average molecular weight is 587 g/mol. The third-order valence-electron chi connectivity index (χ3n) is 9.19. The molecule has 4 heterocycles. The fraction of sp³-hybridized carbons (Fsp3) is 0.567. The zero-order valence-electron chi connectivity index (χ0n) is 23.5. The number of carbonyl (C=O) groups is 1. The summed E-state index contributed by atoms with van der Waals surface area (Å²) in [6.45, 7) is 2.25. The molecule has 0 bridgehead atoms. The molecule has 0 aromatic heterocycles. The van der Waals surface area contributed by atoms with Crippen LogP contribution < -0.4 is 18.9 Å². The number of benzene rings is 2. The van der Waals surface area contributed by atoms with E-state index in [2.05, 4.69) is 0 Å². The van der Waals surface area contributed by atoms with Crippen LogP contribution in [0.2, 0.25) is 0 Å². The Morgan fingerprint density at radius 1 is 0.976 bits per heavy atom. The third-order valence-corrected chi connectivity index (χ3v) is 9.19. The number of hydrogen-bond acceptors (Lipinski definition) is 12. The molecule has 2 aromatic rings. The molecule has 12 heteroatoms. The van der Waals surface area contributed by atoms with Crippen LogP contribution in [-0.4, -0.2) is 92.3 Å². The first kappa shape index (κ1) is 27.5. The van der Waals surface area contributed by atoms with E-state index in [1.807, 2.05) is 6.07 Å². The molecule has 3 saturated heterocycles. The van der Waals surface area contributed by atoms with Gasteiger partial charge >= 0.3 is 5.97 Å². The van der Waals surface area contributed by atoms with Crippen molar-refractivity contribution in [3.8, 4) is 28.7 Å². The van der Waals surface area contributed by atoms with E-state index >= 15 is 0 Å². The van der Waals surface area contributed by atoms with Crippen LogP contribution >= 0.6 is 0 Å².